The fourth-order valence-electron chi connectivity index (χ4n) is 4.46. The van der Waals surface area contributed by atoms with E-state index in [1.165, 1.54) is 11.1 Å². The molecule has 0 radical (unpaired) electrons. The highest BCUT2D eigenvalue weighted by Gasteiger charge is 2.53. The van der Waals surface area contributed by atoms with E-state index in [-0.39, 0.29) is 17.4 Å². The second-order valence-electron chi connectivity index (χ2n) is 6.39. The van der Waals surface area contributed by atoms with Crippen LogP contribution in [0.15, 0.2) is 42.5 Å². The van der Waals surface area contributed by atoms with Gasteiger partial charge in [0.15, 0.2) is 0 Å². The van der Waals surface area contributed by atoms with Crippen molar-refractivity contribution in [1.82, 2.24) is 4.90 Å². The summed E-state index contributed by atoms with van der Waals surface area (Å²) in [6.45, 7) is 2.22. The smallest absolute Gasteiger partial charge is 0.254 e. The van der Waals surface area contributed by atoms with Gasteiger partial charge in [0, 0.05) is 23.0 Å². The molecule has 2 nitrogen and oxygen atoms in total. The summed E-state index contributed by atoms with van der Waals surface area (Å²) in [5.41, 5.74) is 4.54. The van der Waals surface area contributed by atoms with Crippen molar-refractivity contribution in [3.63, 3.8) is 0 Å². The van der Waals surface area contributed by atoms with Gasteiger partial charge in [0.05, 0.1) is 6.04 Å². The summed E-state index contributed by atoms with van der Waals surface area (Å²) in [5, 5.41) is 0.626. The maximum atomic E-state index is 12.8. The number of nitrogens with zero attached hydrogens (tertiary/aromatic N) is 1. The van der Waals surface area contributed by atoms with Crippen LogP contribution in [0.25, 0.3) is 0 Å². The predicted octanol–water partition coefficient (Wildman–Crippen LogP) is 4.37. The third-order valence-corrected chi connectivity index (χ3v) is 5.70. The highest BCUT2D eigenvalue weighted by Crippen LogP contribution is 2.55. The lowest BCUT2D eigenvalue weighted by Gasteiger charge is -2.46. The van der Waals surface area contributed by atoms with Gasteiger partial charge in [-0.15, -0.1) is 0 Å². The molecule has 0 N–H and O–H groups in total. The standard InChI is InChI=1S/C19H18ClNO/c1-3-19-11-12-6-4-5-7-14(12)17(19)21(2)18(22)15-10-13(20)8-9-16(15)19/h4-10,17H,3,11H2,1-2H3/t17-,19-/m1/s1. The van der Waals surface area contributed by atoms with Crippen molar-refractivity contribution in [2.45, 2.75) is 31.2 Å². The van der Waals surface area contributed by atoms with E-state index in [1.807, 2.05) is 24.1 Å². The predicted molar refractivity (Wildman–Crippen MR) is 88.4 cm³/mol. The largest absolute Gasteiger partial charge is 0.334 e. The monoisotopic (exact) mass is 311 g/mol. The molecule has 2 aromatic carbocycles. The fraction of sp³-hybridized carbons (Fsp3) is 0.316. The molecule has 0 fully saturated rings. The van der Waals surface area contributed by atoms with Crippen LogP contribution in [0.4, 0.5) is 0 Å². The second kappa shape index (κ2) is 4.60. The van der Waals surface area contributed by atoms with Crippen LogP contribution >= 0.6 is 11.6 Å². The Hall–Kier alpha value is -1.80. The van der Waals surface area contributed by atoms with Crippen LogP contribution in [0.3, 0.4) is 0 Å². The summed E-state index contributed by atoms with van der Waals surface area (Å²) < 4.78 is 0. The first-order chi connectivity index (χ1) is 10.6. The molecule has 4 rings (SSSR count). The number of halogens is 1. The molecule has 0 unspecified atom stereocenters. The van der Waals surface area contributed by atoms with Crippen LogP contribution in [0.1, 0.15) is 46.4 Å². The van der Waals surface area contributed by atoms with Gasteiger partial charge in [-0.3, -0.25) is 4.79 Å². The Morgan fingerprint density at radius 1 is 1.27 bits per heavy atom. The molecule has 1 heterocycles. The van der Waals surface area contributed by atoms with Gasteiger partial charge in [-0.2, -0.15) is 0 Å². The Balaban J connectivity index is 2.02. The molecule has 0 spiro atoms. The summed E-state index contributed by atoms with van der Waals surface area (Å²) in [5.74, 6) is 0.0725. The van der Waals surface area contributed by atoms with E-state index in [2.05, 4.69) is 37.3 Å². The zero-order chi connectivity index (χ0) is 15.5. The van der Waals surface area contributed by atoms with Crippen molar-refractivity contribution in [2.75, 3.05) is 7.05 Å². The summed E-state index contributed by atoms with van der Waals surface area (Å²) in [7, 11) is 1.92. The number of fused-ring (bicyclic) bond motifs is 5. The number of likely N-dealkylation sites (N-methyl/N-ethyl adjacent to an activating group) is 1. The Morgan fingerprint density at radius 3 is 2.82 bits per heavy atom. The molecule has 1 amide bonds. The van der Waals surface area contributed by atoms with Crippen molar-refractivity contribution in [3.05, 3.63) is 69.7 Å². The average Bonchev–Trinajstić information content (AvgIpc) is 2.88. The zero-order valence-corrected chi connectivity index (χ0v) is 13.5. The fourth-order valence-corrected chi connectivity index (χ4v) is 4.63. The maximum absolute atomic E-state index is 12.8. The molecule has 22 heavy (non-hydrogen) atoms. The van der Waals surface area contributed by atoms with Crippen molar-refractivity contribution >= 4 is 17.5 Å². The number of hydrogen-bond donors (Lipinski definition) is 0. The molecular formula is C19H18ClNO. The molecule has 0 bridgehead atoms. The van der Waals surface area contributed by atoms with Gasteiger partial charge in [0.1, 0.15) is 0 Å². The molecule has 1 aliphatic heterocycles. The normalized spacial score (nSPS) is 25.7. The number of hydrogen-bond acceptors (Lipinski definition) is 1. The number of carbonyl (C=O) groups excluding carboxylic acids is 1. The lowest BCUT2D eigenvalue weighted by Crippen LogP contribution is -2.48. The lowest BCUT2D eigenvalue weighted by atomic mass is 9.68. The summed E-state index contributed by atoms with van der Waals surface area (Å²) >= 11 is 6.14. The molecule has 2 aliphatic rings. The Kier molecular flexibility index (Phi) is 2.89. The van der Waals surface area contributed by atoms with E-state index >= 15 is 0 Å². The molecule has 2 aromatic rings. The first-order valence-corrected chi connectivity index (χ1v) is 8.11. The molecule has 2 atom stereocenters. The number of rotatable bonds is 1. The van der Waals surface area contributed by atoms with Crippen molar-refractivity contribution in [3.8, 4) is 0 Å². The Morgan fingerprint density at radius 2 is 2.05 bits per heavy atom. The van der Waals surface area contributed by atoms with Crippen molar-refractivity contribution < 1.29 is 4.79 Å². The van der Waals surface area contributed by atoms with E-state index in [0.717, 1.165) is 24.0 Å². The highest BCUT2D eigenvalue weighted by atomic mass is 35.5. The van der Waals surface area contributed by atoms with Crippen LogP contribution < -0.4 is 0 Å². The van der Waals surface area contributed by atoms with Crippen LogP contribution in [0.5, 0.6) is 0 Å². The molecule has 0 saturated heterocycles. The molecule has 3 heteroatoms. The summed E-state index contributed by atoms with van der Waals surface area (Å²) in [4.78, 5) is 14.8. The second-order valence-corrected chi connectivity index (χ2v) is 6.83. The van der Waals surface area contributed by atoms with E-state index < -0.39 is 0 Å². The minimum Gasteiger partial charge on any atom is -0.334 e. The van der Waals surface area contributed by atoms with Crippen LogP contribution in [-0.4, -0.2) is 17.9 Å². The SMILES string of the molecule is CC[C@]12Cc3ccccc3[C@H]1N(C)C(=O)c1cc(Cl)ccc12. The van der Waals surface area contributed by atoms with E-state index in [0.29, 0.717) is 5.02 Å². The minimum absolute atomic E-state index is 0.0354. The van der Waals surface area contributed by atoms with Crippen LogP contribution in [0, 0.1) is 0 Å². The third kappa shape index (κ3) is 1.59. The maximum Gasteiger partial charge on any atom is 0.254 e. The van der Waals surface area contributed by atoms with Gasteiger partial charge in [-0.05, 0) is 41.7 Å². The molecule has 0 aromatic heterocycles. The zero-order valence-electron chi connectivity index (χ0n) is 12.8. The highest BCUT2D eigenvalue weighted by molar-refractivity contribution is 6.31. The topological polar surface area (TPSA) is 20.3 Å². The van der Waals surface area contributed by atoms with Gasteiger partial charge in [-0.25, -0.2) is 0 Å². The third-order valence-electron chi connectivity index (χ3n) is 5.47. The Bertz CT molecular complexity index is 785. The van der Waals surface area contributed by atoms with Gasteiger partial charge in [-0.1, -0.05) is 48.9 Å². The van der Waals surface area contributed by atoms with Crippen molar-refractivity contribution in [2.24, 2.45) is 0 Å². The average molecular weight is 312 g/mol. The first kappa shape index (κ1) is 13.8. The van der Waals surface area contributed by atoms with E-state index in [1.54, 1.807) is 0 Å². The van der Waals surface area contributed by atoms with Gasteiger partial charge in [0.2, 0.25) is 0 Å². The van der Waals surface area contributed by atoms with Gasteiger partial charge < -0.3 is 4.90 Å². The van der Waals surface area contributed by atoms with Crippen LogP contribution in [-0.2, 0) is 11.8 Å². The van der Waals surface area contributed by atoms with E-state index in [4.69, 9.17) is 11.6 Å². The molecular weight excluding hydrogens is 294 g/mol. The Labute approximate surface area is 135 Å². The number of carbonyl (C=O) groups is 1. The number of benzene rings is 2. The minimum atomic E-state index is -0.0354. The molecule has 112 valence electrons. The molecule has 1 aliphatic carbocycles. The van der Waals surface area contributed by atoms with E-state index in [9.17, 15) is 4.79 Å². The quantitative estimate of drug-likeness (QED) is 0.766. The van der Waals surface area contributed by atoms with Gasteiger partial charge in [0.25, 0.3) is 5.91 Å². The summed E-state index contributed by atoms with van der Waals surface area (Å²) in [6, 6.07) is 14.4. The van der Waals surface area contributed by atoms with Crippen molar-refractivity contribution in [1.29, 1.82) is 0 Å². The lowest BCUT2D eigenvalue weighted by molar-refractivity contribution is 0.0591. The van der Waals surface area contributed by atoms with Gasteiger partial charge >= 0.3 is 0 Å². The molecule has 0 saturated carbocycles. The number of amides is 1. The summed E-state index contributed by atoms with van der Waals surface area (Å²) in [6.07, 6.45) is 1.98. The van der Waals surface area contributed by atoms with Crippen LogP contribution in [0.2, 0.25) is 5.02 Å². The first-order valence-electron chi connectivity index (χ1n) is 7.73.